The molecule has 1 aromatic rings. The van der Waals surface area contributed by atoms with Crippen LogP contribution in [0.15, 0.2) is 12.3 Å². The number of amides is 1. The molecule has 1 amide bonds. The third-order valence-corrected chi connectivity index (χ3v) is 3.77. The zero-order valence-corrected chi connectivity index (χ0v) is 12.7. The van der Waals surface area contributed by atoms with Crippen molar-refractivity contribution in [3.63, 3.8) is 0 Å². The Morgan fingerprint density at radius 2 is 2.27 bits per heavy atom. The number of pyridine rings is 1. The number of hydrogen-bond donors (Lipinski definition) is 2. The highest BCUT2D eigenvalue weighted by atomic mass is 16.6. The largest absolute Gasteiger partial charge is 0.393 e. The smallest absolute Gasteiger partial charge is 0.311 e. The summed E-state index contributed by atoms with van der Waals surface area (Å²) in [5.74, 6) is -0.550. The second-order valence-corrected chi connectivity index (χ2v) is 6.42. The SMILES string of the molecule is CC1(C)CC(O)CCN(C(=O)c2cnc(N)c([N+](=O)[O-])c2)C1. The van der Waals surface area contributed by atoms with E-state index in [1.165, 1.54) is 6.20 Å². The van der Waals surface area contributed by atoms with E-state index in [0.717, 1.165) is 6.07 Å². The van der Waals surface area contributed by atoms with Gasteiger partial charge < -0.3 is 15.7 Å². The first-order valence-corrected chi connectivity index (χ1v) is 7.07. The van der Waals surface area contributed by atoms with Gasteiger partial charge in [-0.25, -0.2) is 4.98 Å². The number of aliphatic hydroxyl groups is 1. The van der Waals surface area contributed by atoms with Crippen molar-refractivity contribution in [1.29, 1.82) is 0 Å². The maximum atomic E-state index is 12.6. The number of nitrogens with two attached hydrogens (primary N) is 1. The van der Waals surface area contributed by atoms with E-state index in [-0.39, 0.29) is 28.4 Å². The normalized spacial score (nSPS) is 21.2. The van der Waals surface area contributed by atoms with Crippen molar-refractivity contribution >= 4 is 17.4 Å². The number of aliphatic hydroxyl groups excluding tert-OH is 1. The topological polar surface area (TPSA) is 123 Å². The quantitative estimate of drug-likeness (QED) is 0.625. The predicted molar refractivity (Wildman–Crippen MR) is 80.2 cm³/mol. The number of nitro groups is 1. The number of rotatable bonds is 2. The summed E-state index contributed by atoms with van der Waals surface area (Å²) in [7, 11) is 0. The van der Waals surface area contributed by atoms with E-state index in [2.05, 4.69) is 4.98 Å². The number of likely N-dealkylation sites (tertiary alicyclic amines) is 1. The highest BCUT2D eigenvalue weighted by molar-refractivity contribution is 5.95. The fourth-order valence-corrected chi connectivity index (χ4v) is 2.79. The van der Waals surface area contributed by atoms with E-state index in [4.69, 9.17) is 5.73 Å². The van der Waals surface area contributed by atoms with Crippen LogP contribution in [0.1, 0.15) is 37.0 Å². The van der Waals surface area contributed by atoms with Crippen LogP contribution in [-0.2, 0) is 0 Å². The molecule has 1 atom stereocenters. The molecule has 1 aromatic heterocycles. The summed E-state index contributed by atoms with van der Waals surface area (Å²) < 4.78 is 0. The van der Waals surface area contributed by atoms with Crippen LogP contribution in [0.2, 0.25) is 0 Å². The lowest BCUT2D eigenvalue weighted by molar-refractivity contribution is -0.384. The first kappa shape index (κ1) is 16.2. The second kappa shape index (κ2) is 5.88. The van der Waals surface area contributed by atoms with Gasteiger partial charge in [0.05, 0.1) is 16.6 Å². The Balaban J connectivity index is 2.27. The van der Waals surface area contributed by atoms with Crippen molar-refractivity contribution in [3.8, 4) is 0 Å². The summed E-state index contributed by atoms with van der Waals surface area (Å²) in [4.78, 5) is 28.2. The summed E-state index contributed by atoms with van der Waals surface area (Å²) in [6, 6.07) is 1.15. The number of anilines is 1. The van der Waals surface area contributed by atoms with Gasteiger partial charge in [-0.3, -0.25) is 14.9 Å². The van der Waals surface area contributed by atoms with Crippen molar-refractivity contribution in [2.24, 2.45) is 5.41 Å². The molecule has 0 spiro atoms. The molecule has 3 N–H and O–H groups in total. The van der Waals surface area contributed by atoms with E-state index >= 15 is 0 Å². The third kappa shape index (κ3) is 3.51. The van der Waals surface area contributed by atoms with Crippen LogP contribution < -0.4 is 5.73 Å². The zero-order valence-electron chi connectivity index (χ0n) is 12.7. The summed E-state index contributed by atoms with van der Waals surface area (Å²) in [5.41, 5.74) is 4.98. The van der Waals surface area contributed by atoms with Crippen LogP contribution in [-0.4, -0.2) is 45.0 Å². The Labute approximate surface area is 128 Å². The fraction of sp³-hybridized carbons (Fsp3) is 0.571. The predicted octanol–water partition coefficient (Wildman–Crippen LogP) is 1.20. The third-order valence-electron chi connectivity index (χ3n) is 3.77. The van der Waals surface area contributed by atoms with Gasteiger partial charge in [-0.1, -0.05) is 13.8 Å². The van der Waals surface area contributed by atoms with Crippen LogP contribution >= 0.6 is 0 Å². The monoisotopic (exact) mass is 308 g/mol. The highest BCUT2D eigenvalue weighted by Crippen LogP contribution is 2.29. The molecule has 2 heterocycles. The van der Waals surface area contributed by atoms with Crippen LogP contribution in [0, 0.1) is 15.5 Å². The van der Waals surface area contributed by atoms with Crippen molar-refractivity contribution in [2.75, 3.05) is 18.8 Å². The van der Waals surface area contributed by atoms with Crippen molar-refractivity contribution in [2.45, 2.75) is 32.8 Å². The average molecular weight is 308 g/mol. The fourth-order valence-electron chi connectivity index (χ4n) is 2.79. The first-order chi connectivity index (χ1) is 10.2. The maximum absolute atomic E-state index is 12.6. The van der Waals surface area contributed by atoms with Gasteiger partial charge in [0.2, 0.25) is 5.82 Å². The molecule has 8 heteroatoms. The lowest BCUT2D eigenvalue weighted by atomic mass is 9.87. The van der Waals surface area contributed by atoms with E-state index in [1.807, 2.05) is 13.8 Å². The maximum Gasteiger partial charge on any atom is 0.311 e. The van der Waals surface area contributed by atoms with E-state index < -0.39 is 11.0 Å². The van der Waals surface area contributed by atoms with Crippen LogP contribution in [0.25, 0.3) is 0 Å². The Morgan fingerprint density at radius 1 is 1.59 bits per heavy atom. The van der Waals surface area contributed by atoms with Crippen molar-refractivity contribution < 1.29 is 14.8 Å². The molecule has 1 aliphatic heterocycles. The molecule has 1 aliphatic rings. The second-order valence-electron chi connectivity index (χ2n) is 6.42. The Hall–Kier alpha value is -2.22. The van der Waals surface area contributed by atoms with Gasteiger partial charge in [0.15, 0.2) is 0 Å². The molecule has 0 saturated carbocycles. The molecule has 8 nitrogen and oxygen atoms in total. The molecule has 0 radical (unpaired) electrons. The van der Waals surface area contributed by atoms with E-state index in [9.17, 15) is 20.0 Å². The van der Waals surface area contributed by atoms with Crippen molar-refractivity contribution in [3.05, 3.63) is 27.9 Å². The zero-order chi connectivity index (χ0) is 16.5. The molecule has 0 aliphatic carbocycles. The minimum absolute atomic E-state index is 0.132. The average Bonchev–Trinajstić information content (AvgIpc) is 2.55. The van der Waals surface area contributed by atoms with Gasteiger partial charge in [0.1, 0.15) is 0 Å². The van der Waals surface area contributed by atoms with E-state index in [0.29, 0.717) is 25.9 Å². The Bertz CT molecular complexity index is 603. The van der Waals surface area contributed by atoms with Gasteiger partial charge in [0, 0.05) is 25.4 Å². The number of carbonyl (C=O) groups is 1. The molecule has 0 aromatic carbocycles. The Kier molecular flexibility index (Phi) is 4.32. The number of carbonyl (C=O) groups excluding carboxylic acids is 1. The standard InChI is InChI=1S/C14H20N4O4/c1-14(2)6-10(19)3-4-17(8-14)13(20)9-5-11(18(21)22)12(15)16-7-9/h5,7,10,19H,3-4,6,8H2,1-2H3,(H2,15,16). The Morgan fingerprint density at radius 3 is 2.91 bits per heavy atom. The van der Waals surface area contributed by atoms with E-state index in [1.54, 1.807) is 4.90 Å². The lowest BCUT2D eigenvalue weighted by Crippen LogP contribution is -2.37. The number of aromatic nitrogens is 1. The molecule has 2 rings (SSSR count). The molecule has 22 heavy (non-hydrogen) atoms. The molecule has 0 bridgehead atoms. The molecule has 1 fully saturated rings. The highest BCUT2D eigenvalue weighted by Gasteiger charge is 2.32. The first-order valence-electron chi connectivity index (χ1n) is 7.07. The van der Waals surface area contributed by atoms with Gasteiger partial charge in [0.25, 0.3) is 5.91 Å². The summed E-state index contributed by atoms with van der Waals surface area (Å²) in [6.07, 6.45) is 1.89. The van der Waals surface area contributed by atoms with Gasteiger partial charge in [-0.05, 0) is 18.3 Å². The van der Waals surface area contributed by atoms with Gasteiger partial charge >= 0.3 is 5.69 Å². The molecule has 1 saturated heterocycles. The summed E-state index contributed by atoms with van der Waals surface area (Å²) in [5, 5.41) is 20.8. The summed E-state index contributed by atoms with van der Waals surface area (Å²) in [6.45, 7) is 4.83. The number of nitrogen functional groups attached to an aromatic ring is 1. The molecular formula is C14H20N4O4. The minimum atomic E-state index is -0.658. The number of hydrogen-bond acceptors (Lipinski definition) is 6. The molecule has 120 valence electrons. The minimum Gasteiger partial charge on any atom is -0.393 e. The molecular weight excluding hydrogens is 288 g/mol. The summed E-state index contributed by atoms with van der Waals surface area (Å²) >= 11 is 0. The van der Waals surface area contributed by atoms with Crippen molar-refractivity contribution in [1.82, 2.24) is 9.88 Å². The van der Waals surface area contributed by atoms with Gasteiger partial charge in [-0.2, -0.15) is 0 Å². The van der Waals surface area contributed by atoms with Crippen LogP contribution in [0.5, 0.6) is 0 Å². The number of nitrogens with zero attached hydrogens (tertiary/aromatic N) is 3. The lowest BCUT2D eigenvalue weighted by Gasteiger charge is -2.29. The van der Waals surface area contributed by atoms with Crippen LogP contribution in [0.3, 0.4) is 0 Å². The molecule has 1 unspecified atom stereocenters. The van der Waals surface area contributed by atoms with Gasteiger partial charge in [-0.15, -0.1) is 0 Å². The van der Waals surface area contributed by atoms with Crippen LogP contribution in [0.4, 0.5) is 11.5 Å².